The Hall–Kier alpha value is -0.340. The molecule has 0 saturated heterocycles. The monoisotopic (exact) mass is 278 g/mol. The third kappa shape index (κ3) is 12.1. The van der Waals surface area contributed by atoms with Gasteiger partial charge < -0.3 is 9.26 Å². The van der Waals surface area contributed by atoms with Crippen molar-refractivity contribution in [1.29, 1.82) is 0 Å². The molecule has 4 nitrogen and oxygen atoms in total. The number of ether oxygens (including phenoxy) is 1. The third-order valence-corrected chi connectivity index (χ3v) is 4.39. The van der Waals surface area contributed by atoms with E-state index in [9.17, 15) is 9.36 Å². The van der Waals surface area contributed by atoms with E-state index in [4.69, 9.17) is 9.26 Å². The Morgan fingerprint density at radius 1 is 1.06 bits per heavy atom. The molecule has 0 heterocycles. The van der Waals surface area contributed by atoms with E-state index < -0.39 is 7.37 Å². The lowest BCUT2D eigenvalue weighted by Gasteiger charge is -2.13. The van der Waals surface area contributed by atoms with Gasteiger partial charge in [-0.3, -0.25) is 9.36 Å². The minimum absolute atomic E-state index is 0.180. The normalized spacial score (nSPS) is 14.2. The lowest BCUT2D eigenvalue weighted by atomic mass is 10.1. The van der Waals surface area contributed by atoms with E-state index in [1.54, 1.807) is 6.66 Å². The van der Waals surface area contributed by atoms with Gasteiger partial charge in [-0.25, -0.2) is 0 Å². The summed E-state index contributed by atoms with van der Waals surface area (Å²) in [4.78, 5) is 10.6. The van der Waals surface area contributed by atoms with E-state index in [1.165, 1.54) is 32.6 Å². The second-order valence-electron chi connectivity index (χ2n) is 4.68. The van der Waals surface area contributed by atoms with E-state index >= 15 is 0 Å². The molecule has 0 bridgehead atoms. The Labute approximate surface area is 111 Å². The van der Waals surface area contributed by atoms with Gasteiger partial charge in [-0.15, -0.1) is 0 Å². The first-order valence-electron chi connectivity index (χ1n) is 6.82. The van der Waals surface area contributed by atoms with E-state index in [-0.39, 0.29) is 12.6 Å². The van der Waals surface area contributed by atoms with Gasteiger partial charge >= 0.3 is 5.97 Å². The van der Waals surface area contributed by atoms with Crippen molar-refractivity contribution in [2.24, 2.45) is 0 Å². The molecule has 1 unspecified atom stereocenters. The SMILES string of the molecule is CCCCCCCCOP(C)(=O)CCOC(C)=O. The summed E-state index contributed by atoms with van der Waals surface area (Å²) in [7, 11) is -2.59. The Morgan fingerprint density at radius 2 is 1.67 bits per heavy atom. The van der Waals surface area contributed by atoms with Crippen LogP contribution in [0.1, 0.15) is 52.4 Å². The van der Waals surface area contributed by atoms with E-state index in [2.05, 4.69) is 6.92 Å². The highest BCUT2D eigenvalue weighted by Gasteiger charge is 2.15. The first kappa shape index (κ1) is 17.7. The van der Waals surface area contributed by atoms with Crippen molar-refractivity contribution < 1.29 is 18.6 Å². The maximum absolute atomic E-state index is 11.9. The molecule has 1 atom stereocenters. The van der Waals surface area contributed by atoms with Crippen LogP contribution in [-0.2, 0) is 18.6 Å². The number of carbonyl (C=O) groups excluding carboxylic acids is 1. The molecule has 0 radical (unpaired) electrons. The molecule has 0 aliphatic heterocycles. The summed E-state index contributed by atoms with van der Waals surface area (Å²) in [6.45, 7) is 5.87. The minimum Gasteiger partial charge on any atom is -0.465 e. The maximum Gasteiger partial charge on any atom is 0.302 e. The molecule has 0 amide bonds. The highest BCUT2D eigenvalue weighted by molar-refractivity contribution is 7.58. The van der Waals surface area contributed by atoms with Crippen molar-refractivity contribution in [3.63, 3.8) is 0 Å². The highest BCUT2D eigenvalue weighted by Crippen LogP contribution is 2.42. The average Bonchev–Trinajstić information content (AvgIpc) is 2.27. The molecule has 108 valence electrons. The van der Waals surface area contributed by atoms with Crippen molar-refractivity contribution in [3.05, 3.63) is 0 Å². The van der Waals surface area contributed by atoms with Gasteiger partial charge in [0.25, 0.3) is 0 Å². The van der Waals surface area contributed by atoms with Crippen LogP contribution in [-0.4, -0.2) is 32.0 Å². The molecular formula is C13H27O4P. The van der Waals surface area contributed by atoms with Crippen LogP contribution in [0, 0.1) is 0 Å². The second kappa shape index (κ2) is 10.6. The van der Waals surface area contributed by atoms with Crippen LogP contribution in [0.3, 0.4) is 0 Å². The van der Waals surface area contributed by atoms with Crippen molar-refractivity contribution in [3.8, 4) is 0 Å². The van der Waals surface area contributed by atoms with Crippen LogP contribution in [0.2, 0.25) is 0 Å². The quantitative estimate of drug-likeness (QED) is 0.327. The van der Waals surface area contributed by atoms with E-state index in [0.29, 0.717) is 12.8 Å². The Balaban J connectivity index is 3.46. The Bertz CT molecular complexity index is 266. The van der Waals surface area contributed by atoms with E-state index in [1.807, 2.05) is 0 Å². The number of esters is 1. The largest absolute Gasteiger partial charge is 0.465 e. The van der Waals surface area contributed by atoms with Gasteiger partial charge in [-0.1, -0.05) is 39.0 Å². The summed E-state index contributed by atoms with van der Waals surface area (Å²) in [5.74, 6) is -0.342. The number of unbranched alkanes of at least 4 members (excludes halogenated alkanes) is 5. The lowest BCUT2D eigenvalue weighted by molar-refractivity contribution is -0.140. The van der Waals surface area contributed by atoms with Gasteiger partial charge in [-0.2, -0.15) is 0 Å². The summed E-state index contributed by atoms with van der Waals surface area (Å²) < 4.78 is 22.1. The molecule has 0 aliphatic rings. The van der Waals surface area contributed by atoms with Crippen molar-refractivity contribution >= 4 is 13.3 Å². The fourth-order valence-electron chi connectivity index (χ4n) is 1.56. The second-order valence-corrected chi connectivity index (χ2v) is 7.41. The average molecular weight is 278 g/mol. The van der Waals surface area contributed by atoms with Crippen LogP contribution in [0.25, 0.3) is 0 Å². The zero-order valence-electron chi connectivity index (χ0n) is 11.9. The molecule has 0 aromatic carbocycles. The Kier molecular flexibility index (Phi) is 10.4. The molecule has 18 heavy (non-hydrogen) atoms. The van der Waals surface area contributed by atoms with Gasteiger partial charge in [0.15, 0.2) is 0 Å². The molecule has 0 saturated carbocycles. The standard InChI is InChI=1S/C13H27O4P/c1-4-5-6-7-8-9-10-17-18(3,15)12-11-16-13(2)14/h4-12H2,1-3H3. The number of rotatable bonds is 11. The molecule has 0 N–H and O–H groups in total. The molecule has 0 rings (SSSR count). The highest BCUT2D eigenvalue weighted by atomic mass is 31.2. The smallest absolute Gasteiger partial charge is 0.302 e. The third-order valence-electron chi connectivity index (χ3n) is 2.67. The van der Waals surface area contributed by atoms with Crippen LogP contribution in [0.4, 0.5) is 0 Å². The van der Waals surface area contributed by atoms with Gasteiger partial charge in [-0.05, 0) is 6.42 Å². The molecular weight excluding hydrogens is 251 g/mol. The maximum atomic E-state index is 11.9. The molecule has 0 spiro atoms. The molecule has 0 aromatic heterocycles. The summed E-state index contributed by atoms with van der Waals surface area (Å²) >= 11 is 0. The van der Waals surface area contributed by atoms with Gasteiger partial charge in [0.2, 0.25) is 7.37 Å². The predicted octanol–water partition coefficient (Wildman–Crippen LogP) is 3.83. The first-order chi connectivity index (χ1) is 8.48. The molecule has 0 fully saturated rings. The van der Waals surface area contributed by atoms with Crippen molar-refractivity contribution in [2.75, 3.05) is 26.0 Å². The summed E-state index contributed by atoms with van der Waals surface area (Å²) in [5.41, 5.74) is 0. The van der Waals surface area contributed by atoms with Crippen LogP contribution < -0.4 is 0 Å². The van der Waals surface area contributed by atoms with Gasteiger partial charge in [0.1, 0.15) is 6.61 Å². The van der Waals surface area contributed by atoms with E-state index in [0.717, 1.165) is 12.8 Å². The summed E-state index contributed by atoms with van der Waals surface area (Å²) in [5, 5.41) is 0. The fraction of sp³-hybridized carbons (Fsp3) is 0.923. The predicted molar refractivity (Wildman–Crippen MR) is 74.4 cm³/mol. The van der Waals surface area contributed by atoms with Gasteiger partial charge in [0.05, 0.1) is 12.8 Å². The van der Waals surface area contributed by atoms with Crippen LogP contribution in [0.15, 0.2) is 0 Å². The molecule has 0 aliphatic carbocycles. The van der Waals surface area contributed by atoms with Crippen LogP contribution in [0.5, 0.6) is 0 Å². The summed E-state index contributed by atoms with van der Waals surface area (Å²) in [6.07, 6.45) is 7.42. The van der Waals surface area contributed by atoms with Crippen molar-refractivity contribution in [2.45, 2.75) is 52.4 Å². The number of hydrogen-bond acceptors (Lipinski definition) is 4. The van der Waals surface area contributed by atoms with Gasteiger partial charge in [0, 0.05) is 13.6 Å². The lowest BCUT2D eigenvalue weighted by Crippen LogP contribution is -2.06. The summed E-state index contributed by atoms with van der Waals surface area (Å²) in [6, 6.07) is 0. The molecule has 5 heteroatoms. The van der Waals surface area contributed by atoms with Crippen molar-refractivity contribution in [1.82, 2.24) is 0 Å². The number of hydrogen-bond donors (Lipinski definition) is 0. The topological polar surface area (TPSA) is 52.6 Å². The number of carbonyl (C=O) groups is 1. The van der Waals surface area contributed by atoms with Crippen LogP contribution >= 0.6 is 7.37 Å². The minimum atomic E-state index is -2.59. The zero-order valence-corrected chi connectivity index (χ0v) is 12.8. The fourth-order valence-corrected chi connectivity index (χ4v) is 2.63. The zero-order chi connectivity index (χ0) is 13.9. The first-order valence-corrected chi connectivity index (χ1v) is 9.08. The molecule has 0 aromatic rings. The Morgan fingerprint density at radius 3 is 2.28 bits per heavy atom.